The van der Waals surface area contributed by atoms with Crippen LogP contribution in [-0.4, -0.2) is 26.6 Å². The van der Waals surface area contributed by atoms with Crippen molar-refractivity contribution in [2.75, 3.05) is 0 Å². The van der Waals surface area contributed by atoms with Crippen LogP contribution in [-0.2, 0) is 13.0 Å². The highest BCUT2D eigenvalue weighted by molar-refractivity contribution is 5.93. The molecule has 3 aromatic heterocycles. The Morgan fingerprint density at radius 3 is 2.95 bits per heavy atom. The predicted octanol–water partition coefficient (Wildman–Crippen LogP) is 4.79. The first-order chi connectivity index (χ1) is 17.9. The summed E-state index contributed by atoms with van der Waals surface area (Å²) in [5, 5.41) is 13.0. The Kier molecular flexibility index (Phi) is 5.53. The van der Waals surface area contributed by atoms with Crippen molar-refractivity contribution in [3.8, 4) is 17.9 Å². The Balaban J connectivity index is 1.34. The van der Waals surface area contributed by atoms with Gasteiger partial charge in [-0.1, -0.05) is 30.0 Å². The second-order valence-corrected chi connectivity index (χ2v) is 9.87. The Bertz CT molecular complexity index is 1600. The van der Waals surface area contributed by atoms with Gasteiger partial charge < -0.3 is 14.3 Å². The van der Waals surface area contributed by atoms with Crippen LogP contribution in [0.15, 0.2) is 53.2 Å². The van der Waals surface area contributed by atoms with Crippen molar-refractivity contribution in [3.05, 3.63) is 82.9 Å². The third-order valence-corrected chi connectivity index (χ3v) is 7.00. The molecule has 0 saturated heterocycles. The Morgan fingerprint density at radius 2 is 2.16 bits per heavy atom. The molecule has 4 aromatic rings. The molecule has 1 N–H and O–H groups in total. The molecule has 2 aliphatic rings. The van der Waals surface area contributed by atoms with Crippen molar-refractivity contribution < 1.29 is 13.6 Å². The molecule has 184 valence electrons. The molecule has 7 nitrogen and oxygen atoms in total. The highest BCUT2D eigenvalue weighted by Gasteiger charge is 2.40. The van der Waals surface area contributed by atoms with Gasteiger partial charge in [-0.2, -0.15) is 5.26 Å². The maximum absolute atomic E-state index is 14.2. The number of para-hydroxylation sites is 1. The SMILES string of the molecule is Cc1cc(C#CC2(CC#N)CC2)cc(C(=O)NC(c2cc3ccccc3o2)c2ncn3c2C[C@@H](F)C3)n1. The van der Waals surface area contributed by atoms with Crippen molar-refractivity contribution >= 4 is 16.9 Å². The Labute approximate surface area is 213 Å². The van der Waals surface area contributed by atoms with Gasteiger partial charge >= 0.3 is 0 Å². The highest BCUT2D eigenvalue weighted by atomic mass is 19.1. The number of halogens is 1. The Morgan fingerprint density at radius 1 is 1.32 bits per heavy atom. The molecule has 1 aliphatic heterocycles. The van der Waals surface area contributed by atoms with E-state index in [-0.39, 0.29) is 24.1 Å². The lowest BCUT2D eigenvalue weighted by molar-refractivity contribution is 0.0933. The molecule has 6 rings (SSSR count). The molecule has 1 amide bonds. The topological polar surface area (TPSA) is 96.7 Å². The number of hydrogen-bond donors (Lipinski definition) is 1. The van der Waals surface area contributed by atoms with E-state index in [9.17, 15) is 9.18 Å². The van der Waals surface area contributed by atoms with E-state index in [1.165, 1.54) is 0 Å². The van der Waals surface area contributed by atoms with Crippen LogP contribution in [0.1, 0.15) is 64.2 Å². The monoisotopic (exact) mass is 493 g/mol. The van der Waals surface area contributed by atoms with Gasteiger partial charge in [0.25, 0.3) is 5.91 Å². The fraction of sp³-hybridized carbons (Fsp3) is 0.310. The lowest BCUT2D eigenvalue weighted by Crippen LogP contribution is -2.31. The first kappa shape index (κ1) is 23.0. The zero-order valence-electron chi connectivity index (χ0n) is 20.3. The van der Waals surface area contributed by atoms with Crippen molar-refractivity contribution in [1.29, 1.82) is 5.26 Å². The van der Waals surface area contributed by atoms with Gasteiger partial charge in [-0.3, -0.25) is 4.79 Å². The van der Waals surface area contributed by atoms with Gasteiger partial charge in [0.15, 0.2) is 0 Å². The van der Waals surface area contributed by atoms with E-state index in [0.29, 0.717) is 34.7 Å². The van der Waals surface area contributed by atoms with E-state index in [4.69, 9.17) is 9.68 Å². The quantitative estimate of drug-likeness (QED) is 0.403. The summed E-state index contributed by atoms with van der Waals surface area (Å²) in [6.45, 7) is 2.06. The van der Waals surface area contributed by atoms with Gasteiger partial charge in [0.05, 0.1) is 31.1 Å². The van der Waals surface area contributed by atoms with Crippen LogP contribution in [0.25, 0.3) is 11.0 Å². The molecule has 1 unspecified atom stereocenters. The van der Waals surface area contributed by atoms with Crippen LogP contribution < -0.4 is 5.32 Å². The molecular weight excluding hydrogens is 469 g/mol. The molecule has 1 aliphatic carbocycles. The lowest BCUT2D eigenvalue weighted by atomic mass is 10.0. The minimum Gasteiger partial charge on any atom is -0.458 e. The average Bonchev–Trinajstić information content (AvgIpc) is 3.17. The van der Waals surface area contributed by atoms with Gasteiger partial charge in [0.2, 0.25) is 0 Å². The van der Waals surface area contributed by atoms with Gasteiger partial charge in [0.1, 0.15) is 29.3 Å². The summed E-state index contributed by atoms with van der Waals surface area (Å²) in [6, 6.07) is 14.4. The van der Waals surface area contributed by atoms with E-state index in [0.717, 1.165) is 23.9 Å². The fourth-order valence-electron chi connectivity index (χ4n) is 4.87. The molecule has 1 fully saturated rings. The van der Waals surface area contributed by atoms with Gasteiger partial charge in [-0.25, -0.2) is 14.4 Å². The van der Waals surface area contributed by atoms with Crippen LogP contribution in [0, 0.1) is 35.5 Å². The number of nitrogens with zero attached hydrogens (tertiary/aromatic N) is 4. The Hall–Kier alpha value is -4.43. The number of nitriles is 1. The summed E-state index contributed by atoms with van der Waals surface area (Å²) >= 11 is 0. The number of hydrogen-bond acceptors (Lipinski definition) is 5. The number of furan rings is 1. The number of aromatic nitrogens is 3. The maximum atomic E-state index is 14.2. The first-order valence-corrected chi connectivity index (χ1v) is 12.3. The summed E-state index contributed by atoms with van der Waals surface area (Å²) in [4.78, 5) is 22.5. The zero-order valence-corrected chi connectivity index (χ0v) is 20.3. The number of carbonyl (C=O) groups is 1. The molecule has 0 bridgehead atoms. The summed E-state index contributed by atoms with van der Waals surface area (Å²) in [5.74, 6) is 6.46. The highest BCUT2D eigenvalue weighted by Crippen LogP contribution is 2.47. The first-order valence-electron chi connectivity index (χ1n) is 12.3. The number of amides is 1. The van der Waals surface area contributed by atoms with Crippen molar-refractivity contribution in [1.82, 2.24) is 19.9 Å². The number of benzene rings is 1. The zero-order chi connectivity index (χ0) is 25.6. The normalized spacial score (nSPS) is 17.9. The van der Waals surface area contributed by atoms with Crippen molar-refractivity contribution in [2.24, 2.45) is 5.41 Å². The standard InChI is InChI=1S/C29H24FN5O2/c1-18-12-19(6-7-29(8-9-29)10-11-31)13-22(33-18)28(36)34-27(25-14-20-4-2-3-5-24(20)37-25)26-23-15-21(30)16-35(23)17-32-26/h2-5,12-14,17,21,27H,8-10,15-16H2,1H3,(H,34,36)/t21-,27?/m1/s1. The van der Waals surface area contributed by atoms with Crippen LogP contribution >= 0.6 is 0 Å². The summed E-state index contributed by atoms with van der Waals surface area (Å²) < 4.78 is 22.1. The summed E-state index contributed by atoms with van der Waals surface area (Å²) in [5.41, 5.74) is 3.32. The second-order valence-electron chi connectivity index (χ2n) is 9.87. The number of aryl methyl sites for hydroxylation is 1. The molecule has 8 heteroatoms. The van der Waals surface area contributed by atoms with Crippen molar-refractivity contribution in [2.45, 2.75) is 51.4 Å². The average molecular weight is 494 g/mol. The number of pyridine rings is 1. The minimum absolute atomic E-state index is 0.217. The van der Waals surface area contributed by atoms with Crippen LogP contribution in [0.3, 0.4) is 0 Å². The lowest BCUT2D eigenvalue weighted by Gasteiger charge is -2.16. The van der Waals surface area contributed by atoms with E-state index in [1.54, 1.807) is 17.0 Å². The van der Waals surface area contributed by atoms with Gasteiger partial charge in [-0.15, -0.1) is 0 Å². The van der Waals surface area contributed by atoms with Crippen LogP contribution in [0.2, 0.25) is 0 Å². The molecule has 2 atom stereocenters. The van der Waals surface area contributed by atoms with Gasteiger partial charge in [0, 0.05) is 34.2 Å². The molecule has 37 heavy (non-hydrogen) atoms. The summed E-state index contributed by atoms with van der Waals surface area (Å²) in [6.07, 6.45) is 3.09. The van der Waals surface area contributed by atoms with Gasteiger partial charge in [-0.05, 0) is 44.0 Å². The van der Waals surface area contributed by atoms with E-state index in [1.807, 2.05) is 43.3 Å². The van der Waals surface area contributed by atoms with E-state index in [2.05, 4.69) is 33.2 Å². The van der Waals surface area contributed by atoms with E-state index < -0.39 is 18.1 Å². The summed E-state index contributed by atoms with van der Waals surface area (Å²) in [7, 11) is 0. The number of alkyl halides is 1. The molecule has 0 radical (unpaired) electrons. The minimum atomic E-state index is -0.987. The third-order valence-electron chi connectivity index (χ3n) is 7.00. The number of fused-ring (bicyclic) bond motifs is 2. The molecule has 0 spiro atoms. The predicted molar refractivity (Wildman–Crippen MR) is 134 cm³/mol. The molecule has 4 heterocycles. The smallest absolute Gasteiger partial charge is 0.270 e. The van der Waals surface area contributed by atoms with Crippen LogP contribution in [0.4, 0.5) is 4.39 Å². The number of carbonyl (C=O) groups excluding carboxylic acids is 1. The number of imidazole rings is 1. The largest absolute Gasteiger partial charge is 0.458 e. The number of rotatable bonds is 5. The van der Waals surface area contributed by atoms with E-state index >= 15 is 0 Å². The molecule has 1 aromatic carbocycles. The second kappa shape index (κ2) is 8.90. The number of nitrogens with one attached hydrogen (secondary N) is 1. The van der Waals surface area contributed by atoms with Crippen LogP contribution in [0.5, 0.6) is 0 Å². The van der Waals surface area contributed by atoms with Crippen molar-refractivity contribution in [3.63, 3.8) is 0 Å². The maximum Gasteiger partial charge on any atom is 0.270 e. The molecule has 1 saturated carbocycles. The fourth-order valence-corrected chi connectivity index (χ4v) is 4.87. The third kappa shape index (κ3) is 4.47. The molecular formula is C29H24FN5O2.